The number of rotatable bonds is 8. The number of esters is 1. The Morgan fingerprint density at radius 1 is 1.55 bits per heavy atom. The molecule has 0 aromatic carbocycles. The molecule has 0 amide bonds. The van der Waals surface area contributed by atoms with E-state index in [4.69, 9.17) is 4.74 Å². The van der Waals surface area contributed by atoms with E-state index in [1.807, 2.05) is 45.6 Å². The number of nitrogens with zero attached hydrogens (tertiary/aromatic N) is 3. The molecule has 0 saturated heterocycles. The normalized spacial score (nSPS) is 14.3. The average Bonchev–Trinajstić information content (AvgIpc) is 2.75. The highest BCUT2D eigenvalue weighted by Crippen LogP contribution is 2.11. The van der Waals surface area contributed by atoms with Gasteiger partial charge in [0, 0.05) is 26.0 Å². The van der Waals surface area contributed by atoms with Crippen molar-refractivity contribution in [1.29, 1.82) is 0 Å². The predicted octanol–water partition coefficient (Wildman–Crippen LogP) is 0.783. The van der Waals surface area contributed by atoms with Gasteiger partial charge in [-0.05, 0) is 27.4 Å². The van der Waals surface area contributed by atoms with Gasteiger partial charge in [0.05, 0.1) is 13.2 Å². The van der Waals surface area contributed by atoms with Gasteiger partial charge >= 0.3 is 5.97 Å². The maximum absolute atomic E-state index is 12.1. The molecule has 0 aliphatic rings. The number of carbonyl (C=O) groups is 1. The minimum atomic E-state index is -0.704. The molecule has 1 rings (SSSR count). The summed E-state index contributed by atoms with van der Waals surface area (Å²) in [5.41, 5.74) is -0.704. The SMILES string of the molecule is CCNC(C)(CN(C)Cc1nccn1C)C(=O)OCC. The highest BCUT2D eigenvalue weighted by molar-refractivity contribution is 5.80. The molecular formula is C14H26N4O2. The van der Waals surface area contributed by atoms with Crippen molar-refractivity contribution in [2.45, 2.75) is 32.9 Å². The van der Waals surface area contributed by atoms with Crippen molar-refractivity contribution < 1.29 is 9.53 Å². The van der Waals surface area contributed by atoms with Crippen molar-refractivity contribution in [2.75, 3.05) is 26.7 Å². The molecule has 20 heavy (non-hydrogen) atoms. The Kier molecular flexibility index (Phi) is 6.16. The Balaban J connectivity index is 2.69. The van der Waals surface area contributed by atoms with Crippen molar-refractivity contribution in [3.05, 3.63) is 18.2 Å². The number of likely N-dealkylation sites (N-methyl/N-ethyl adjacent to an activating group) is 2. The van der Waals surface area contributed by atoms with Crippen LogP contribution in [0.25, 0.3) is 0 Å². The number of hydrogen-bond acceptors (Lipinski definition) is 5. The lowest BCUT2D eigenvalue weighted by Crippen LogP contribution is -2.56. The Labute approximate surface area is 121 Å². The van der Waals surface area contributed by atoms with Gasteiger partial charge in [-0.3, -0.25) is 9.69 Å². The summed E-state index contributed by atoms with van der Waals surface area (Å²) in [6.07, 6.45) is 3.69. The highest BCUT2D eigenvalue weighted by Gasteiger charge is 2.35. The summed E-state index contributed by atoms with van der Waals surface area (Å²) in [5, 5.41) is 3.23. The molecule has 0 spiro atoms. The van der Waals surface area contributed by atoms with Gasteiger partial charge in [-0.1, -0.05) is 6.92 Å². The molecule has 1 aromatic heterocycles. The van der Waals surface area contributed by atoms with E-state index in [0.29, 0.717) is 26.2 Å². The molecular weight excluding hydrogens is 256 g/mol. The lowest BCUT2D eigenvalue weighted by Gasteiger charge is -2.32. The predicted molar refractivity (Wildman–Crippen MR) is 78.3 cm³/mol. The van der Waals surface area contributed by atoms with Gasteiger partial charge < -0.3 is 14.6 Å². The van der Waals surface area contributed by atoms with Crippen LogP contribution in [0.1, 0.15) is 26.6 Å². The quantitative estimate of drug-likeness (QED) is 0.714. The van der Waals surface area contributed by atoms with Crippen LogP contribution in [-0.4, -0.2) is 52.7 Å². The summed E-state index contributed by atoms with van der Waals surface area (Å²) >= 11 is 0. The molecule has 0 aliphatic carbocycles. The monoisotopic (exact) mass is 282 g/mol. The third kappa shape index (κ3) is 4.31. The van der Waals surface area contributed by atoms with Crippen LogP contribution in [0.15, 0.2) is 12.4 Å². The molecule has 6 heteroatoms. The third-order valence-electron chi connectivity index (χ3n) is 3.21. The maximum Gasteiger partial charge on any atom is 0.327 e. The van der Waals surface area contributed by atoms with Crippen LogP contribution in [-0.2, 0) is 23.1 Å². The van der Waals surface area contributed by atoms with Crippen LogP contribution in [0.4, 0.5) is 0 Å². The van der Waals surface area contributed by atoms with E-state index in [-0.39, 0.29) is 5.97 Å². The van der Waals surface area contributed by atoms with Crippen LogP contribution < -0.4 is 5.32 Å². The largest absolute Gasteiger partial charge is 0.465 e. The van der Waals surface area contributed by atoms with Gasteiger partial charge in [0.15, 0.2) is 0 Å². The summed E-state index contributed by atoms with van der Waals surface area (Å²) < 4.78 is 7.15. The molecule has 6 nitrogen and oxygen atoms in total. The van der Waals surface area contributed by atoms with E-state index < -0.39 is 5.54 Å². The minimum absolute atomic E-state index is 0.214. The van der Waals surface area contributed by atoms with Crippen LogP contribution in [0.5, 0.6) is 0 Å². The standard InChI is InChI=1S/C14H26N4O2/c1-6-16-14(3,13(19)20-7-2)11-17(4)10-12-15-8-9-18(12)5/h8-9,16H,6-7,10-11H2,1-5H3. The van der Waals surface area contributed by atoms with Gasteiger partial charge in [-0.2, -0.15) is 0 Å². The van der Waals surface area contributed by atoms with Crippen molar-refractivity contribution in [3.63, 3.8) is 0 Å². The molecule has 0 bridgehead atoms. The number of aryl methyl sites for hydroxylation is 1. The first-order chi connectivity index (χ1) is 9.42. The van der Waals surface area contributed by atoms with Gasteiger partial charge in [-0.15, -0.1) is 0 Å². The van der Waals surface area contributed by atoms with Crippen LogP contribution in [0.3, 0.4) is 0 Å². The zero-order valence-electron chi connectivity index (χ0n) is 13.1. The Hall–Kier alpha value is -1.40. The number of hydrogen-bond donors (Lipinski definition) is 1. The second-order valence-electron chi connectivity index (χ2n) is 5.21. The van der Waals surface area contributed by atoms with Crippen LogP contribution in [0, 0.1) is 0 Å². The van der Waals surface area contributed by atoms with Crippen molar-refractivity contribution in [3.8, 4) is 0 Å². The molecule has 1 unspecified atom stereocenters. The van der Waals surface area contributed by atoms with Gasteiger partial charge in [0.25, 0.3) is 0 Å². The van der Waals surface area contributed by atoms with Gasteiger partial charge in [0.1, 0.15) is 11.4 Å². The summed E-state index contributed by atoms with van der Waals surface area (Å²) in [5.74, 6) is 0.753. The van der Waals surface area contributed by atoms with Crippen molar-refractivity contribution in [2.24, 2.45) is 7.05 Å². The zero-order chi connectivity index (χ0) is 15.2. The van der Waals surface area contributed by atoms with E-state index in [0.717, 1.165) is 5.82 Å². The first-order valence-electron chi connectivity index (χ1n) is 7.00. The number of carbonyl (C=O) groups excluding carboxylic acids is 1. The summed E-state index contributed by atoms with van der Waals surface area (Å²) in [6.45, 7) is 8.03. The fourth-order valence-electron chi connectivity index (χ4n) is 2.26. The van der Waals surface area contributed by atoms with Crippen molar-refractivity contribution in [1.82, 2.24) is 19.8 Å². The van der Waals surface area contributed by atoms with Gasteiger partial charge in [-0.25, -0.2) is 4.98 Å². The lowest BCUT2D eigenvalue weighted by molar-refractivity contribution is -0.151. The molecule has 114 valence electrons. The second-order valence-corrected chi connectivity index (χ2v) is 5.21. The van der Waals surface area contributed by atoms with E-state index in [1.54, 1.807) is 6.20 Å². The number of ether oxygens (including phenoxy) is 1. The molecule has 0 radical (unpaired) electrons. The van der Waals surface area contributed by atoms with Gasteiger partial charge in [0.2, 0.25) is 0 Å². The highest BCUT2D eigenvalue weighted by atomic mass is 16.5. The van der Waals surface area contributed by atoms with Crippen LogP contribution in [0.2, 0.25) is 0 Å². The summed E-state index contributed by atoms with van der Waals surface area (Å²) in [6, 6.07) is 0. The molecule has 0 saturated carbocycles. The molecule has 1 heterocycles. The number of nitrogens with one attached hydrogen (secondary N) is 1. The van der Waals surface area contributed by atoms with Crippen molar-refractivity contribution >= 4 is 5.97 Å². The molecule has 0 fully saturated rings. The van der Waals surface area contributed by atoms with E-state index in [1.165, 1.54) is 0 Å². The second kappa shape index (κ2) is 7.40. The average molecular weight is 282 g/mol. The fraction of sp³-hybridized carbons (Fsp3) is 0.714. The van der Waals surface area contributed by atoms with E-state index >= 15 is 0 Å². The topological polar surface area (TPSA) is 59.4 Å². The number of imidazole rings is 1. The minimum Gasteiger partial charge on any atom is -0.465 e. The van der Waals surface area contributed by atoms with E-state index in [2.05, 4.69) is 15.2 Å². The molecule has 1 aromatic rings. The fourth-order valence-corrected chi connectivity index (χ4v) is 2.26. The Morgan fingerprint density at radius 3 is 2.75 bits per heavy atom. The Bertz CT molecular complexity index is 433. The first kappa shape index (κ1) is 16.7. The molecule has 1 atom stereocenters. The number of aromatic nitrogens is 2. The maximum atomic E-state index is 12.1. The van der Waals surface area contributed by atoms with Crippen LogP contribution >= 0.6 is 0 Å². The van der Waals surface area contributed by atoms with E-state index in [9.17, 15) is 4.79 Å². The summed E-state index contributed by atoms with van der Waals surface area (Å²) in [7, 11) is 3.94. The molecule has 0 aliphatic heterocycles. The lowest BCUT2D eigenvalue weighted by atomic mass is 10.0. The smallest absolute Gasteiger partial charge is 0.327 e. The zero-order valence-corrected chi connectivity index (χ0v) is 13.1. The molecule has 1 N–H and O–H groups in total. The Morgan fingerprint density at radius 2 is 2.25 bits per heavy atom. The summed E-state index contributed by atoms with van der Waals surface area (Å²) in [4.78, 5) is 18.5. The first-order valence-corrected chi connectivity index (χ1v) is 7.00. The third-order valence-corrected chi connectivity index (χ3v) is 3.21.